The second-order valence-corrected chi connectivity index (χ2v) is 12.7. The van der Waals surface area contributed by atoms with E-state index in [0.717, 1.165) is 4.31 Å². The van der Waals surface area contributed by atoms with Crippen molar-refractivity contribution >= 4 is 50.7 Å². The van der Waals surface area contributed by atoms with Crippen LogP contribution in [0.1, 0.15) is 33.3 Å². The van der Waals surface area contributed by atoms with Crippen LogP contribution in [-0.4, -0.2) is 64.6 Å². The summed E-state index contributed by atoms with van der Waals surface area (Å²) >= 11 is 12.3. The number of amides is 2. The molecule has 0 heterocycles. The molecule has 13 heteroatoms. The van der Waals surface area contributed by atoms with Crippen LogP contribution in [0.25, 0.3) is 0 Å². The summed E-state index contributed by atoms with van der Waals surface area (Å²) in [5.41, 5.74) is 0.817. The predicted molar refractivity (Wildman–Crippen MR) is 171 cm³/mol. The maximum absolute atomic E-state index is 14.2. The van der Waals surface area contributed by atoms with Gasteiger partial charge in [-0.15, -0.1) is 0 Å². The van der Waals surface area contributed by atoms with Gasteiger partial charge in [0.1, 0.15) is 18.3 Å². The fourth-order valence-electron chi connectivity index (χ4n) is 4.33. The Morgan fingerprint density at radius 3 is 2.11 bits per heavy atom. The van der Waals surface area contributed by atoms with Gasteiger partial charge in [0.05, 0.1) is 41.5 Å². The number of halogens is 2. The molecule has 0 bridgehead atoms. The molecule has 3 aromatic rings. The van der Waals surface area contributed by atoms with E-state index in [2.05, 4.69) is 5.32 Å². The minimum absolute atomic E-state index is 0.0318. The second kappa shape index (κ2) is 15.4. The predicted octanol–water partition coefficient (Wildman–Crippen LogP) is 5.55. The van der Waals surface area contributed by atoms with E-state index in [0.29, 0.717) is 28.7 Å². The Morgan fingerprint density at radius 2 is 1.55 bits per heavy atom. The molecule has 0 saturated heterocycles. The first-order valence-corrected chi connectivity index (χ1v) is 16.0. The van der Waals surface area contributed by atoms with Gasteiger partial charge < -0.3 is 24.4 Å². The number of ether oxygens (including phenoxy) is 3. The van der Waals surface area contributed by atoms with Crippen molar-refractivity contribution < 1.29 is 32.2 Å². The number of sulfonamides is 1. The molecule has 3 aromatic carbocycles. The van der Waals surface area contributed by atoms with Gasteiger partial charge in [0.2, 0.25) is 11.8 Å². The smallest absolute Gasteiger partial charge is 0.264 e. The summed E-state index contributed by atoms with van der Waals surface area (Å²) < 4.78 is 45.5. The number of hydrogen-bond donors (Lipinski definition) is 1. The maximum atomic E-state index is 14.2. The Labute approximate surface area is 268 Å². The average Bonchev–Trinajstić information content (AvgIpc) is 2.99. The number of carbonyl (C=O) groups is 2. The van der Waals surface area contributed by atoms with Crippen LogP contribution >= 0.6 is 23.2 Å². The van der Waals surface area contributed by atoms with E-state index in [1.165, 1.54) is 37.3 Å². The minimum Gasteiger partial charge on any atom is -0.494 e. The average molecular weight is 667 g/mol. The van der Waals surface area contributed by atoms with Crippen molar-refractivity contribution in [3.05, 3.63) is 76.3 Å². The Bertz CT molecular complexity index is 1570. The molecule has 1 N–H and O–H groups in total. The fourth-order valence-corrected chi connectivity index (χ4v) is 6.08. The van der Waals surface area contributed by atoms with Crippen molar-refractivity contribution in [2.45, 2.75) is 51.2 Å². The van der Waals surface area contributed by atoms with Crippen LogP contribution in [-0.2, 0) is 26.2 Å². The molecule has 0 aliphatic carbocycles. The van der Waals surface area contributed by atoms with Crippen LogP contribution in [0.15, 0.2) is 65.6 Å². The largest absolute Gasteiger partial charge is 0.494 e. The van der Waals surface area contributed by atoms with Crippen molar-refractivity contribution in [3.63, 3.8) is 0 Å². The third-order valence-electron chi connectivity index (χ3n) is 6.59. The molecule has 0 radical (unpaired) electrons. The quantitative estimate of drug-likeness (QED) is 0.240. The molecule has 238 valence electrons. The number of benzene rings is 3. The third kappa shape index (κ3) is 8.49. The molecule has 0 aliphatic rings. The molecule has 10 nitrogen and oxygen atoms in total. The number of methoxy groups -OCH3 is 2. The first-order valence-electron chi connectivity index (χ1n) is 13.8. The number of hydrogen-bond acceptors (Lipinski definition) is 7. The first-order chi connectivity index (χ1) is 20.8. The normalized spacial score (nSPS) is 11.9. The molecule has 0 aliphatic heterocycles. The van der Waals surface area contributed by atoms with Crippen molar-refractivity contribution in [3.8, 4) is 17.2 Å². The van der Waals surface area contributed by atoms with Crippen molar-refractivity contribution in [2.24, 2.45) is 0 Å². The van der Waals surface area contributed by atoms with Gasteiger partial charge in [-0.3, -0.25) is 13.9 Å². The highest BCUT2D eigenvalue weighted by Crippen LogP contribution is 2.33. The Balaban J connectivity index is 2.09. The molecule has 0 unspecified atom stereocenters. The summed E-state index contributed by atoms with van der Waals surface area (Å²) in [6, 6.07) is 14.2. The van der Waals surface area contributed by atoms with Gasteiger partial charge in [-0.25, -0.2) is 8.42 Å². The lowest BCUT2D eigenvalue weighted by Gasteiger charge is -2.32. The number of nitrogens with one attached hydrogen (secondary N) is 1. The molecular formula is C31H37Cl2N3O7S. The summed E-state index contributed by atoms with van der Waals surface area (Å²) in [5, 5.41) is 3.43. The molecule has 0 spiro atoms. The van der Waals surface area contributed by atoms with E-state index in [-0.39, 0.29) is 33.9 Å². The van der Waals surface area contributed by atoms with Gasteiger partial charge in [-0.05, 0) is 81.8 Å². The zero-order valence-electron chi connectivity index (χ0n) is 25.5. The molecule has 0 aromatic heterocycles. The Kier molecular flexibility index (Phi) is 12.2. The van der Waals surface area contributed by atoms with Gasteiger partial charge in [-0.2, -0.15) is 0 Å². The highest BCUT2D eigenvalue weighted by Gasteiger charge is 2.33. The second-order valence-electron chi connectivity index (χ2n) is 10.1. The van der Waals surface area contributed by atoms with E-state index in [9.17, 15) is 18.0 Å². The zero-order valence-corrected chi connectivity index (χ0v) is 27.8. The van der Waals surface area contributed by atoms with Crippen molar-refractivity contribution in [2.75, 3.05) is 31.7 Å². The van der Waals surface area contributed by atoms with Crippen LogP contribution in [0.2, 0.25) is 10.0 Å². The topological polar surface area (TPSA) is 114 Å². The van der Waals surface area contributed by atoms with Gasteiger partial charge in [-0.1, -0.05) is 29.3 Å². The van der Waals surface area contributed by atoms with Crippen LogP contribution < -0.4 is 23.8 Å². The molecule has 3 rings (SSSR count). The summed E-state index contributed by atoms with van der Waals surface area (Å²) in [6.07, 6.45) is 0. The molecule has 2 amide bonds. The van der Waals surface area contributed by atoms with Crippen LogP contribution in [0, 0.1) is 0 Å². The Morgan fingerprint density at radius 1 is 0.886 bits per heavy atom. The van der Waals surface area contributed by atoms with Gasteiger partial charge in [0, 0.05) is 18.7 Å². The fraction of sp³-hybridized carbons (Fsp3) is 0.355. The van der Waals surface area contributed by atoms with E-state index in [4.69, 9.17) is 37.4 Å². The lowest BCUT2D eigenvalue weighted by atomic mass is 10.1. The van der Waals surface area contributed by atoms with Crippen molar-refractivity contribution in [1.29, 1.82) is 0 Å². The van der Waals surface area contributed by atoms with Crippen LogP contribution in [0.3, 0.4) is 0 Å². The summed E-state index contributed by atoms with van der Waals surface area (Å²) in [5.74, 6) is 0.0511. The van der Waals surface area contributed by atoms with Crippen LogP contribution in [0.4, 0.5) is 5.69 Å². The number of nitrogens with zero attached hydrogens (tertiary/aromatic N) is 2. The Hall–Kier alpha value is -3.67. The lowest BCUT2D eigenvalue weighted by Crippen LogP contribution is -2.52. The maximum Gasteiger partial charge on any atom is 0.264 e. The van der Waals surface area contributed by atoms with Gasteiger partial charge in [0.15, 0.2) is 11.5 Å². The summed E-state index contributed by atoms with van der Waals surface area (Å²) in [4.78, 5) is 28.4. The number of carbonyl (C=O) groups excluding carboxylic acids is 2. The van der Waals surface area contributed by atoms with Crippen molar-refractivity contribution in [1.82, 2.24) is 10.2 Å². The molecule has 0 saturated carbocycles. The summed E-state index contributed by atoms with van der Waals surface area (Å²) in [6.45, 7) is 6.79. The standard InChI is InChI=1S/C31H37Cl2N3O7S/c1-7-43-24-11-9-23(10-12-24)36(44(39,40)25-13-15-28(41-5)29(17-25)42-6)19-30(37)35(21(4)31(38)34-20(2)3)18-22-8-14-26(32)27(33)16-22/h8-17,20-21H,7,18-19H2,1-6H3,(H,34,38)/t21-/m0/s1. The van der Waals surface area contributed by atoms with E-state index in [1.807, 2.05) is 6.92 Å². The first kappa shape index (κ1) is 34.8. The van der Waals surface area contributed by atoms with E-state index >= 15 is 0 Å². The monoisotopic (exact) mass is 665 g/mol. The summed E-state index contributed by atoms with van der Waals surface area (Å²) in [7, 11) is -1.51. The number of anilines is 1. The molecular weight excluding hydrogens is 629 g/mol. The van der Waals surface area contributed by atoms with E-state index < -0.39 is 34.4 Å². The van der Waals surface area contributed by atoms with Gasteiger partial charge >= 0.3 is 0 Å². The highest BCUT2D eigenvalue weighted by molar-refractivity contribution is 7.92. The number of rotatable bonds is 14. The molecule has 0 fully saturated rings. The molecule has 44 heavy (non-hydrogen) atoms. The van der Waals surface area contributed by atoms with Gasteiger partial charge in [0.25, 0.3) is 10.0 Å². The SMILES string of the molecule is CCOc1ccc(N(CC(=O)N(Cc2ccc(Cl)c(Cl)c2)[C@@H](C)C(=O)NC(C)C)S(=O)(=O)c2ccc(OC)c(OC)c2)cc1. The van der Waals surface area contributed by atoms with E-state index in [1.54, 1.807) is 63.2 Å². The molecule has 1 atom stereocenters. The minimum atomic E-state index is -4.35. The lowest BCUT2D eigenvalue weighted by molar-refractivity contribution is -0.139. The third-order valence-corrected chi connectivity index (χ3v) is 9.10. The highest BCUT2D eigenvalue weighted by atomic mass is 35.5. The zero-order chi connectivity index (χ0) is 32.6. The van der Waals surface area contributed by atoms with Crippen LogP contribution in [0.5, 0.6) is 17.2 Å².